The Balaban J connectivity index is 1.98. The number of hydrogen-bond donors (Lipinski definition) is 0. The highest BCUT2D eigenvalue weighted by Crippen LogP contribution is 2.21. The van der Waals surface area contributed by atoms with Crippen molar-refractivity contribution in [3.63, 3.8) is 0 Å². The standard InChI is InChI=1S/C19H15Br/c20-14-16-6-3-5-15(13-16)11-12-18-9-4-8-17-7-1-2-10-19(17)18/h1-13H,14H2. The zero-order valence-corrected chi connectivity index (χ0v) is 12.7. The summed E-state index contributed by atoms with van der Waals surface area (Å²) in [5.41, 5.74) is 3.78. The van der Waals surface area contributed by atoms with E-state index in [0.29, 0.717) is 0 Å². The van der Waals surface area contributed by atoms with Gasteiger partial charge in [-0.2, -0.15) is 0 Å². The van der Waals surface area contributed by atoms with Crippen LogP contribution in [0.25, 0.3) is 22.9 Å². The molecule has 0 bridgehead atoms. The van der Waals surface area contributed by atoms with Crippen LogP contribution in [0.4, 0.5) is 0 Å². The van der Waals surface area contributed by atoms with Crippen molar-refractivity contribution in [3.8, 4) is 0 Å². The summed E-state index contributed by atoms with van der Waals surface area (Å²) in [6.07, 6.45) is 4.36. The van der Waals surface area contributed by atoms with Crippen molar-refractivity contribution in [1.29, 1.82) is 0 Å². The summed E-state index contributed by atoms with van der Waals surface area (Å²) in [6, 6.07) is 23.5. The zero-order chi connectivity index (χ0) is 13.8. The highest BCUT2D eigenvalue weighted by atomic mass is 79.9. The van der Waals surface area contributed by atoms with E-state index < -0.39 is 0 Å². The van der Waals surface area contributed by atoms with Crippen molar-refractivity contribution in [2.45, 2.75) is 5.33 Å². The number of hydrogen-bond acceptors (Lipinski definition) is 0. The topological polar surface area (TPSA) is 0 Å². The summed E-state index contributed by atoms with van der Waals surface area (Å²) in [5.74, 6) is 0. The van der Waals surface area contributed by atoms with Gasteiger partial charge in [-0.25, -0.2) is 0 Å². The van der Waals surface area contributed by atoms with Gasteiger partial charge in [-0.05, 0) is 27.5 Å². The van der Waals surface area contributed by atoms with E-state index in [0.717, 1.165) is 5.33 Å². The third-order valence-electron chi connectivity index (χ3n) is 3.38. The van der Waals surface area contributed by atoms with Crippen LogP contribution in [0.15, 0.2) is 66.7 Å². The Morgan fingerprint density at radius 1 is 0.800 bits per heavy atom. The monoisotopic (exact) mass is 322 g/mol. The lowest BCUT2D eigenvalue weighted by molar-refractivity contribution is 1.43. The van der Waals surface area contributed by atoms with Gasteiger partial charge >= 0.3 is 0 Å². The lowest BCUT2D eigenvalue weighted by atomic mass is 10.0. The molecule has 3 aromatic rings. The molecule has 98 valence electrons. The van der Waals surface area contributed by atoms with E-state index in [1.807, 2.05) is 0 Å². The molecule has 0 saturated heterocycles. The average molecular weight is 323 g/mol. The molecule has 3 aromatic carbocycles. The number of halogens is 1. The lowest BCUT2D eigenvalue weighted by Crippen LogP contribution is -1.80. The Labute approximate surface area is 127 Å². The molecule has 20 heavy (non-hydrogen) atoms. The van der Waals surface area contributed by atoms with Crippen LogP contribution in [0.3, 0.4) is 0 Å². The summed E-state index contributed by atoms with van der Waals surface area (Å²) in [5, 5.41) is 3.47. The highest BCUT2D eigenvalue weighted by Gasteiger charge is 1.96. The van der Waals surface area contributed by atoms with Crippen LogP contribution < -0.4 is 0 Å². The molecule has 0 aliphatic rings. The maximum atomic E-state index is 3.50. The van der Waals surface area contributed by atoms with Gasteiger partial charge in [0, 0.05) is 5.33 Å². The molecule has 0 aromatic heterocycles. The first-order chi connectivity index (χ1) is 9.86. The molecule has 0 heterocycles. The number of alkyl halides is 1. The second kappa shape index (κ2) is 6.06. The van der Waals surface area contributed by atoms with E-state index in [1.165, 1.54) is 27.5 Å². The maximum absolute atomic E-state index is 3.50. The number of benzene rings is 3. The first kappa shape index (κ1) is 13.1. The Bertz CT molecular complexity index is 751. The minimum atomic E-state index is 0.892. The van der Waals surface area contributed by atoms with Gasteiger partial charge in [-0.15, -0.1) is 0 Å². The van der Waals surface area contributed by atoms with Gasteiger partial charge in [0.25, 0.3) is 0 Å². The first-order valence-electron chi connectivity index (χ1n) is 6.67. The molecular weight excluding hydrogens is 308 g/mol. The fraction of sp³-hybridized carbons (Fsp3) is 0.0526. The van der Waals surface area contributed by atoms with Gasteiger partial charge in [0.15, 0.2) is 0 Å². The Hall–Kier alpha value is -1.86. The minimum Gasteiger partial charge on any atom is -0.0876 e. The summed E-state index contributed by atoms with van der Waals surface area (Å²) < 4.78 is 0. The first-order valence-corrected chi connectivity index (χ1v) is 7.80. The molecule has 0 radical (unpaired) electrons. The normalized spacial score (nSPS) is 11.2. The quantitative estimate of drug-likeness (QED) is 0.415. The molecule has 0 spiro atoms. The molecule has 0 fully saturated rings. The van der Waals surface area contributed by atoms with Crippen LogP contribution in [-0.4, -0.2) is 0 Å². The van der Waals surface area contributed by atoms with Gasteiger partial charge in [-0.1, -0.05) is 94.8 Å². The minimum absolute atomic E-state index is 0.892. The molecular formula is C19H15Br. The van der Waals surface area contributed by atoms with Crippen LogP contribution in [0.2, 0.25) is 0 Å². The summed E-state index contributed by atoms with van der Waals surface area (Å²) >= 11 is 3.50. The summed E-state index contributed by atoms with van der Waals surface area (Å²) in [4.78, 5) is 0. The molecule has 0 aliphatic heterocycles. The van der Waals surface area contributed by atoms with E-state index in [-0.39, 0.29) is 0 Å². The summed E-state index contributed by atoms with van der Waals surface area (Å²) in [7, 11) is 0. The van der Waals surface area contributed by atoms with Crippen LogP contribution in [0, 0.1) is 0 Å². The summed E-state index contributed by atoms with van der Waals surface area (Å²) in [6.45, 7) is 0. The third kappa shape index (κ3) is 2.83. The van der Waals surface area contributed by atoms with Gasteiger partial charge in [0.05, 0.1) is 0 Å². The predicted octanol–water partition coefficient (Wildman–Crippen LogP) is 5.91. The Morgan fingerprint density at radius 2 is 1.60 bits per heavy atom. The molecule has 1 heteroatoms. The molecule has 0 aliphatic carbocycles. The second-order valence-electron chi connectivity index (χ2n) is 4.78. The predicted molar refractivity (Wildman–Crippen MR) is 91.9 cm³/mol. The smallest absolute Gasteiger partial charge is 0.0283 e. The Morgan fingerprint density at radius 3 is 2.50 bits per heavy atom. The van der Waals surface area contributed by atoms with E-state index in [9.17, 15) is 0 Å². The van der Waals surface area contributed by atoms with Crippen molar-refractivity contribution in [3.05, 3.63) is 83.4 Å². The van der Waals surface area contributed by atoms with Crippen molar-refractivity contribution in [2.24, 2.45) is 0 Å². The van der Waals surface area contributed by atoms with Crippen molar-refractivity contribution < 1.29 is 0 Å². The second-order valence-corrected chi connectivity index (χ2v) is 5.34. The SMILES string of the molecule is BrCc1cccc(C=Cc2cccc3ccccc23)c1. The van der Waals surface area contributed by atoms with Gasteiger partial charge in [0.1, 0.15) is 0 Å². The van der Waals surface area contributed by atoms with Gasteiger partial charge in [-0.3, -0.25) is 0 Å². The third-order valence-corrected chi connectivity index (χ3v) is 4.03. The average Bonchev–Trinajstić information content (AvgIpc) is 2.53. The highest BCUT2D eigenvalue weighted by molar-refractivity contribution is 9.08. The van der Waals surface area contributed by atoms with Crippen LogP contribution in [-0.2, 0) is 5.33 Å². The Kier molecular flexibility index (Phi) is 3.98. The molecule has 0 nitrogen and oxygen atoms in total. The van der Waals surface area contributed by atoms with Crippen LogP contribution in [0.1, 0.15) is 16.7 Å². The fourth-order valence-electron chi connectivity index (χ4n) is 2.36. The van der Waals surface area contributed by atoms with Crippen molar-refractivity contribution >= 4 is 38.9 Å². The van der Waals surface area contributed by atoms with Crippen LogP contribution in [0.5, 0.6) is 0 Å². The van der Waals surface area contributed by atoms with E-state index >= 15 is 0 Å². The molecule has 0 atom stereocenters. The van der Waals surface area contributed by atoms with Gasteiger partial charge in [0.2, 0.25) is 0 Å². The molecule has 0 N–H and O–H groups in total. The van der Waals surface area contributed by atoms with E-state index in [2.05, 4.69) is 94.8 Å². The van der Waals surface area contributed by atoms with E-state index in [1.54, 1.807) is 0 Å². The lowest BCUT2D eigenvalue weighted by Gasteiger charge is -2.02. The number of rotatable bonds is 3. The molecule has 0 amide bonds. The zero-order valence-electron chi connectivity index (χ0n) is 11.1. The van der Waals surface area contributed by atoms with Crippen molar-refractivity contribution in [1.82, 2.24) is 0 Å². The maximum Gasteiger partial charge on any atom is 0.0283 e. The molecule has 0 unspecified atom stereocenters. The fourth-order valence-corrected chi connectivity index (χ4v) is 2.71. The largest absolute Gasteiger partial charge is 0.0876 e. The van der Waals surface area contributed by atoms with Crippen molar-refractivity contribution in [2.75, 3.05) is 0 Å². The van der Waals surface area contributed by atoms with Gasteiger partial charge < -0.3 is 0 Å². The van der Waals surface area contributed by atoms with Crippen LogP contribution >= 0.6 is 15.9 Å². The van der Waals surface area contributed by atoms with E-state index in [4.69, 9.17) is 0 Å². The number of fused-ring (bicyclic) bond motifs is 1. The molecule has 3 rings (SSSR count). The molecule has 0 saturated carbocycles.